The molecule has 4 aromatic rings. The lowest BCUT2D eigenvalue weighted by Gasteiger charge is -2.09. The molecule has 0 atom stereocenters. The summed E-state index contributed by atoms with van der Waals surface area (Å²) in [5, 5.41) is 4.52. The van der Waals surface area contributed by atoms with E-state index in [1.807, 2.05) is 13.0 Å². The Bertz CT molecular complexity index is 1320. The van der Waals surface area contributed by atoms with Crippen LogP contribution < -0.4 is 5.63 Å². The number of nitrogens with zero attached hydrogens (tertiary/aromatic N) is 1. The van der Waals surface area contributed by atoms with Crippen LogP contribution in [0.4, 0.5) is 4.39 Å². The van der Waals surface area contributed by atoms with Gasteiger partial charge in [0, 0.05) is 17.0 Å². The first-order valence-electron chi connectivity index (χ1n) is 8.96. The molecule has 0 radical (unpaired) electrons. The summed E-state index contributed by atoms with van der Waals surface area (Å²) < 4.78 is 30.0. The zero-order valence-electron chi connectivity index (χ0n) is 16.0. The molecule has 2 heterocycles. The van der Waals surface area contributed by atoms with Crippen molar-refractivity contribution in [1.29, 1.82) is 0 Å². The van der Waals surface area contributed by atoms with Gasteiger partial charge in [0.1, 0.15) is 35.0 Å². The normalized spacial score (nSPS) is 11.1. The Kier molecular flexibility index (Phi) is 5.13. The van der Waals surface area contributed by atoms with Gasteiger partial charge in [-0.3, -0.25) is 0 Å². The van der Waals surface area contributed by atoms with Gasteiger partial charge in [-0.2, -0.15) is 0 Å². The van der Waals surface area contributed by atoms with Crippen LogP contribution in [0, 0.1) is 19.7 Å². The van der Waals surface area contributed by atoms with E-state index in [1.54, 1.807) is 12.1 Å². The van der Waals surface area contributed by atoms with Crippen molar-refractivity contribution in [3.63, 3.8) is 0 Å². The van der Waals surface area contributed by atoms with Crippen LogP contribution in [-0.2, 0) is 11.3 Å². The van der Waals surface area contributed by atoms with Crippen LogP contribution >= 0.6 is 11.6 Å². The summed E-state index contributed by atoms with van der Waals surface area (Å²) in [7, 11) is 0. The summed E-state index contributed by atoms with van der Waals surface area (Å²) in [6, 6.07) is 10.8. The second-order valence-corrected chi connectivity index (χ2v) is 7.13. The predicted molar refractivity (Wildman–Crippen MR) is 108 cm³/mol. The molecule has 6 nitrogen and oxygen atoms in total. The molecule has 0 saturated heterocycles. The molecule has 2 aromatic carbocycles. The lowest BCUT2D eigenvalue weighted by Crippen LogP contribution is -2.09. The summed E-state index contributed by atoms with van der Waals surface area (Å²) in [5.74, 6) is -1.27. The third-order valence-electron chi connectivity index (χ3n) is 4.61. The molecule has 0 aliphatic carbocycles. The van der Waals surface area contributed by atoms with Crippen molar-refractivity contribution in [2.75, 3.05) is 0 Å². The Morgan fingerprint density at radius 3 is 2.77 bits per heavy atom. The lowest BCUT2D eigenvalue weighted by atomic mass is 10.1. The fraction of sp³-hybridized carbons (Fsp3) is 0.136. The lowest BCUT2D eigenvalue weighted by molar-refractivity contribution is 0.0472. The summed E-state index contributed by atoms with van der Waals surface area (Å²) in [5.41, 5.74) is 1.11. The number of esters is 1. The SMILES string of the molecule is Cc1ccc2c(COC(=O)c3c(-c4c(F)cccc4Cl)noc3C)cc(=O)oc2c1. The predicted octanol–water partition coefficient (Wildman–Crippen LogP) is 5.21. The molecule has 152 valence electrons. The van der Waals surface area contributed by atoms with Gasteiger partial charge >= 0.3 is 11.6 Å². The maximum Gasteiger partial charge on any atom is 0.344 e. The van der Waals surface area contributed by atoms with E-state index < -0.39 is 17.4 Å². The van der Waals surface area contributed by atoms with Gasteiger partial charge in [0.05, 0.1) is 10.6 Å². The first kappa shape index (κ1) is 19.8. The van der Waals surface area contributed by atoms with Crippen LogP contribution in [0.2, 0.25) is 5.02 Å². The highest BCUT2D eigenvalue weighted by Crippen LogP contribution is 2.34. The molecule has 0 saturated carbocycles. The van der Waals surface area contributed by atoms with Crippen LogP contribution in [0.5, 0.6) is 0 Å². The van der Waals surface area contributed by atoms with E-state index in [0.717, 1.165) is 5.56 Å². The number of aryl methyl sites for hydroxylation is 2. The Morgan fingerprint density at radius 1 is 1.20 bits per heavy atom. The number of aromatic nitrogens is 1. The van der Waals surface area contributed by atoms with Crippen molar-refractivity contribution in [1.82, 2.24) is 5.16 Å². The quantitative estimate of drug-likeness (QED) is 0.328. The maximum absolute atomic E-state index is 14.3. The second kappa shape index (κ2) is 7.76. The van der Waals surface area contributed by atoms with Crippen molar-refractivity contribution in [2.24, 2.45) is 0 Å². The average Bonchev–Trinajstić information content (AvgIpc) is 3.06. The van der Waals surface area contributed by atoms with E-state index >= 15 is 0 Å². The fourth-order valence-electron chi connectivity index (χ4n) is 3.18. The molecular weight excluding hydrogens is 413 g/mol. The molecule has 0 spiro atoms. The van der Waals surface area contributed by atoms with Crippen LogP contribution in [0.1, 0.15) is 27.2 Å². The first-order valence-corrected chi connectivity index (χ1v) is 9.34. The number of carbonyl (C=O) groups excluding carboxylic acids is 1. The number of benzene rings is 2. The highest BCUT2D eigenvalue weighted by atomic mass is 35.5. The van der Waals surface area contributed by atoms with E-state index in [-0.39, 0.29) is 34.2 Å². The van der Waals surface area contributed by atoms with E-state index in [9.17, 15) is 14.0 Å². The van der Waals surface area contributed by atoms with Gasteiger partial charge in [0.2, 0.25) is 0 Å². The highest BCUT2D eigenvalue weighted by molar-refractivity contribution is 6.33. The number of hydrogen-bond donors (Lipinski definition) is 0. The molecule has 0 N–H and O–H groups in total. The van der Waals surface area contributed by atoms with Crippen molar-refractivity contribution >= 4 is 28.5 Å². The summed E-state index contributed by atoms with van der Waals surface area (Å²) in [6.45, 7) is 3.19. The number of halogens is 2. The topological polar surface area (TPSA) is 82.5 Å². The Morgan fingerprint density at radius 2 is 2.00 bits per heavy atom. The van der Waals surface area contributed by atoms with Crippen molar-refractivity contribution < 1.29 is 22.9 Å². The van der Waals surface area contributed by atoms with E-state index in [1.165, 1.54) is 31.2 Å². The van der Waals surface area contributed by atoms with Gasteiger partial charge in [-0.1, -0.05) is 35.0 Å². The van der Waals surface area contributed by atoms with Gasteiger partial charge in [-0.25, -0.2) is 14.0 Å². The molecular formula is C22H15ClFNO5. The van der Waals surface area contributed by atoms with Crippen molar-refractivity contribution in [3.05, 3.63) is 86.2 Å². The molecule has 0 amide bonds. The van der Waals surface area contributed by atoms with Crippen LogP contribution in [0.15, 0.2) is 56.2 Å². The van der Waals surface area contributed by atoms with Gasteiger partial charge in [-0.15, -0.1) is 0 Å². The summed E-state index contributed by atoms with van der Waals surface area (Å²) in [4.78, 5) is 24.7. The number of ether oxygens (including phenoxy) is 1. The van der Waals surface area contributed by atoms with Crippen molar-refractivity contribution in [2.45, 2.75) is 20.5 Å². The number of rotatable bonds is 4. The first-order chi connectivity index (χ1) is 14.3. The molecule has 2 aromatic heterocycles. The third-order valence-corrected chi connectivity index (χ3v) is 4.93. The van der Waals surface area contributed by atoms with Crippen LogP contribution in [0.25, 0.3) is 22.2 Å². The van der Waals surface area contributed by atoms with E-state index in [0.29, 0.717) is 16.5 Å². The molecule has 0 aliphatic rings. The second-order valence-electron chi connectivity index (χ2n) is 6.73. The molecule has 0 bridgehead atoms. The van der Waals surface area contributed by atoms with Crippen LogP contribution in [0.3, 0.4) is 0 Å². The minimum Gasteiger partial charge on any atom is -0.457 e. The minimum atomic E-state index is -0.781. The molecule has 0 aliphatic heterocycles. The Hall–Kier alpha value is -3.45. The van der Waals surface area contributed by atoms with Crippen molar-refractivity contribution in [3.8, 4) is 11.3 Å². The molecule has 4 rings (SSSR count). The average molecular weight is 428 g/mol. The molecule has 8 heteroatoms. The Balaban J connectivity index is 1.68. The van der Waals surface area contributed by atoms with Gasteiger partial charge in [0.15, 0.2) is 0 Å². The fourth-order valence-corrected chi connectivity index (χ4v) is 3.43. The highest BCUT2D eigenvalue weighted by Gasteiger charge is 2.26. The van der Waals surface area contributed by atoms with E-state index in [4.69, 9.17) is 25.3 Å². The van der Waals surface area contributed by atoms with Crippen LogP contribution in [-0.4, -0.2) is 11.1 Å². The summed E-state index contributed by atoms with van der Waals surface area (Å²) >= 11 is 6.10. The third kappa shape index (κ3) is 3.59. The largest absolute Gasteiger partial charge is 0.457 e. The van der Waals surface area contributed by atoms with Gasteiger partial charge in [0.25, 0.3) is 0 Å². The zero-order chi connectivity index (χ0) is 21.4. The standard InChI is InChI=1S/C22H15ClFNO5/c1-11-6-7-14-13(9-18(26)29-17(14)8-11)10-28-22(27)19-12(2)30-25-21(19)20-15(23)4-3-5-16(20)24/h3-9H,10H2,1-2H3. The number of hydrogen-bond acceptors (Lipinski definition) is 6. The van der Waals surface area contributed by atoms with Gasteiger partial charge < -0.3 is 13.7 Å². The van der Waals surface area contributed by atoms with Gasteiger partial charge in [-0.05, 0) is 37.6 Å². The molecule has 0 fully saturated rings. The number of fused-ring (bicyclic) bond motifs is 1. The monoisotopic (exact) mass is 427 g/mol. The summed E-state index contributed by atoms with van der Waals surface area (Å²) in [6.07, 6.45) is 0. The Labute approximate surface area is 174 Å². The minimum absolute atomic E-state index is 0.0369. The maximum atomic E-state index is 14.3. The van der Waals surface area contributed by atoms with E-state index in [2.05, 4.69) is 5.16 Å². The smallest absolute Gasteiger partial charge is 0.344 e. The number of carbonyl (C=O) groups is 1. The molecule has 30 heavy (non-hydrogen) atoms. The zero-order valence-corrected chi connectivity index (χ0v) is 16.7. The molecule has 0 unspecified atom stereocenters.